The van der Waals surface area contributed by atoms with Crippen molar-refractivity contribution in [3.8, 4) is 11.5 Å². The first kappa shape index (κ1) is 16.2. The summed E-state index contributed by atoms with van der Waals surface area (Å²) in [5.41, 5.74) is 7.03. The smallest absolute Gasteiger partial charge is 0.132 e. The topological polar surface area (TPSA) is 35.2 Å². The van der Waals surface area contributed by atoms with Gasteiger partial charge in [-0.25, -0.2) is 0 Å². The summed E-state index contributed by atoms with van der Waals surface area (Å²) in [6.45, 7) is 2.07. The van der Waals surface area contributed by atoms with E-state index in [1.54, 1.807) is 11.8 Å². The SMILES string of the molecule is CCC(N)Cc1c(Cl)cccc1Oc1ccc(SC)cc1. The average molecular weight is 322 g/mol. The monoisotopic (exact) mass is 321 g/mol. The van der Waals surface area contributed by atoms with Gasteiger partial charge in [-0.2, -0.15) is 0 Å². The largest absolute Gasteiger partial charge is 0.457 e. The van der Waals surface area contributed by atoms with E-state index >= 15 is 0 Å². The molecular formula is C17H20ClNOS. The Morgan fingerprint density at radius 2 is 1.90 bits per heavy atom. The molecule has 0 saturated heterocycles. The predicted octanol–water partition coefficient (Wildman–Crippen LogP) is 5.13. The zero-order valence-electron chi connectivity index (χ0n) is 12.3. The Kier molecular flexibility index (Phi) is 5.97. The lowest BCUT2D eigenvalue weighted by Crippen LogP contribution is -2.21. The van der Waals surface area contributed by atoms with Crippen molar-refractivity contribution in [3.63, 3.8) is 0 Å². The summed E-state index contributed by atoms with van der Waals surface area (Å²) in [4.78, 5) is 1.21. The lowest BCUT2D eigenvalue weighted by molar-refractivity contribution is 0.472. The van der Waals surface area contributed by atoms with Gasteiger partial charge < -0.3 is 10.5 Å². The molecule has 0 spiro atoms. The minimum Gasteiger partial charge on any atom is -0.457 e. The van der Waals surface area contributed by atoms with Crippen LogP contribution in [0.25, 0.3) is 0 Å². The minimum atomic E-state index is 0.0890. The first-order valence-corrected chi connectivity index (χ1v) is 8.59. The van der Waals surface area contributed by atoms with Crippen molar-refractivity contribution in [2.24, 2.45) is 5.73 Å². The van der Waals surface area contributed by atoms with Crippen LogP contribution in [0.1, 0.15) is 18.9 Å². The molecule has 0 aliphatic rings. The van der Waals surface area contributed by atoms with E-state index in [-0.39, 0.29) is 6.04 Å². The molecule has 0 aliphatic heterocycles. The maximum atomic E-state index is 6.31. The fraction of sp³-hybridized carbons (Fsp3) is 0.294. The van der Waals surface area contributed by atoms with Gasteiger partial charge in [-0.1, -0.05) is 24.6 Å². The summed E-state index contributed by atoms with van der Waals surface area (Å²) in [6, 6.07) is 13.8. The van der Waals surface area contributed by atoms with Gasteiger partial charge in [0.15, 0.2) is 0 Å². The second-order valence-corrected chi connectivity index (χ2v) is 6.15. The van der Waals surface area contributed by atoms with Gasteiger partial charge >= 0.3 is 0 Å². The Hall–Kier alpha value is -1.16. The van der Waals surface area contributed by atoms with Gasteiger partial charge in [0.25, 0.3) is 0 Å². The first-order chi connectivity index (χ1) is 10.1. The highest BCUT2D eigenvalue weighted by atomic mass is 35.5. The lowest BCUT2D eigenvalue weighted by Gasteiger charge is -2.15. The van der Waals surface area contributed by atoms with Crippen LogP contribution in [-0.2, 0) is 6.42 Å². The van der Waals surface area contributed by atoms with Gasteiger partial charge in [0.05, 0.1) is 0 Å². The molecule has 0 fully saturated rings. The average Bonchev–Trinajstić information content (AvgIpc) is 2.51. The van der Waals surface area contributed by atoms with Crippen molar-refractivity contribution in [2.75, 3.05) is 6.26 Å². The second-order valence-electron chi connectivity index (χ2n) is 4.87. The van der Waals surface area contributed by atoms with Crippen molar-refractivity contribution in [1.29, 1.82) is 0 Å². The molecule has 2 aromatic carbocycles. The Morgan fingerprint density at radius 1 is 1.19 bits per heavy atom. The van der Waals surface area contributed by atoms with Gasteiger partial charge in [0, 0.05) is 21.5 Å². The third kappa shape index (κ3) is 4.40. The van der Waals surface area contributed by atoms with Crippen LogP contribution in [0.2, 0.25) is 5.02 Å². The summed E-state index contributed by atoms with van der Waals surface area (Å²) < 4.78 is 5.99. The van der Waals surface area contributed by atoms with Crippen LogP contribution in [0, 0.1) is 0 Å². The number of rotatable bonds is 6. The molecule has 0 bridgehead atoms. The molecule has 0 aromatic heterocycles. The van der Waals surface area contributed by atoms with Crippen LogP contribution in [0.3, 0.4) is 0 Å². The Bertz CT molecular complexity index is 586. The van der Waals surface area contributed by atoms with E-state index in [1.807, 2.05) is 42.5 Å². The number of ether oxygens (including phenoxy) is 1. The summed E-state index contributed by atoms with van der Waals surface area (Å²) in [7, 11) is 0. The van der Waals surface area contributed by atoms with Crippen LogP contribution in [0.5, 0.6) is 11.5 Å². The van der Waals surface area contributed by atoms with Gasteiger partial charge in [0.2, 0.25) is 0 Å². The molecule has 0 radical (unpaired) electrons. The molecule has 21 heavy (non-hydrogen) atoms. The summed E-state index contributed by atoms with van der Waals surface area (Å²) in [6.07, 6.45) is 3.68. The van der Waals surface area contributed by atoms with Crippen LogP contribution < -0.4 is 10.5 Å². The van der Waals surface area contributed by atoms with Crippen molar-refractivity contribution < 1.29 is 4.74 Å². The predicted molar refractivity (Wildman–Crippen MR) is 91.7 cm³/mol. The zero-order chi connectivity index (χ0) is 15.2. The van der Waals surface area contributed by atoms with Crippen molar-refractivity contribution in [2.45, 2.75) is 30.7 Å². The van der Waals surface area contributed by atoms with Crippen molar-refractivity contribution in [1.82, 2.24) is 0 Å². The van der Waals surface area contributed by atoms with Gasteiger partial charge in [-0.3, -0.25) is 0 Å². The van der Waals surface area contributed by atoms with Gasteiger partial charge in [-0.15, -0.1) is 11.8 Å². The van der Waals surface area contributed by atoms with E-state index in [0.29, 0.717) is 11.4 Å². The van der Waals surface area contributed by atoms with Crippen LogP contribution in [0.4, 0.5) is 0 Å². The maximum Gasteiger partial charge on any atom is 0.132 e. The highest BCUT2D eigenvalue weighted by Crippen LogP contribution is 2.32. The summed E-state index contributed by atoms with van der Waals surface area (Å²) in [5.74, 6) is 1.59. The van der Waals surface area contributed by atoms with Crippen molar-refractivity contribution >= 4 is 23.4 Å². The molecule has 4 heteroatoms. The molecule has 112 valence electrons. The lowest BCUT2D eigenvalue weighted by atomic mass is 10.0. The summed E-state index contributed by atoms with van der Waals surface area (Å²) >= 11 is 8.01. The van der Waals surface area contributed by atoms with E-state index in [9.17, 15) is 0 Å². The van der Waals surface area contributed by atoms with Gasteiger partial charge in [-0.05, 0) is 55.5 Å². The number of hydrogen-bond donors (Lipinski definition) is 1. The standard InChI is InChI=1S/C17H20ClNOS/c1-3-12(19)11-15-16(18)5-4-6-17(15)20-13-7-9-14(21-2)10-8-13/h4-10,12H,3,11,19H2,1-2H3. The molecule has 1 unspecified atom stereocenters. The second kappa shape index (κ2) is 7.74. The van der Waals surface area contributed by atoms with Crippen LogP contribution in [0.15, 0.2) is 47.4 Å². The fourth-order valence-corrected chi connectivity index (χ4v) is 2.66. The van der Waals surface area contributed by atoms with E-state index in [1.165, 1.54) is 4.90 Å². The third-order valence-corrected chi connectivity index (χ3v) is 4.45. The van der Waals surface area contributed by atoms with E-state index in [4.69, 9.17) is 22.1 Å². The van der Waals surface area contributed by atoms with E-state index < -0.39 is 0 Å². The molecule has 2 nitrogen and oxygen atoms in total. The molecule has 0 aliphatic carbocycles. The number of benzene rings is 2. The zero-order valence-corrected chi connectivity index (χ0v) is 13.9. The van der Waals surface area contributed by atoms with Crippen LogP contribution >= 0.6 is 23.4 Å². The Labute approximate surface area is 135 Å². The van der Waals surface area contributed by atoms with Crippen molar-refractivity contribution in [3.05, 3.63) is 53.1 Å². The highest BCUT2D eigenvalue weighted by molar-refractivity contribution is 7.98. The fourth-order valence-electron chi connectivity index (χ4n) is 2.01. The molecule has 0 heterocycles. The third-order valence-electron chi connectivity index (χ3n) is 3.35. The number of hydrogen-bond acceptors (Lipinski definition) is 3. The normalized spacial score (nSPS) is 12.2. The number of nitrogens with two attached hydrogens (primary N) is 1. The Morgan fingerprint density at radius 3 is 2.52 bits per heavy atom. The first-order valence-electron chi connectivity index (χ1n) is 6.99. The molecule has 2 rings (SSSR count). The number of thioether (sulfide) groups is 1. The minimum absolute atomic E-state index is 0.0890. The summed E-state index contributed by atoms with van der Waals surface area (Å²) in [5, 5.41) is 0.706. The van der Waals surface area contributed by atoms with Gasteiger partial charge in [0.1, 0.15) is 11.5 Å². The highest BCUT2D eigenvalue weighted by Gasteiger charge is 2.12. The Balaban J connectivity index is 2.23. The molecule has 0 amide bonds. The van der Waals surface area contributed by atoms with E-state index in [0.717, 1.165) is 23.5 Å². The molecule has 1 atom stereocenters. The molecular weight excluding hydrogens is 302 g/mol. The molecule has 0 saturated carbocycles. The quantitative estimate of drug-likeness (QED) is 0.749. The van der Waals surface area contributed by atoms with Crippen LogP contribution in [-0.4, -0.2) is 12.3 Å². The molecule has 2 aromatic rings. The van der Waals surface area contributed by atoms with E-state index in [2.05, 4.69) is 13.2 Å². The molecule has 2 N–H and O–H groups in total. The number of halogens is 1. The maximum absolute atomic E-state index is 6.31.